The van der Waals surface area contributed by atoms with Crippen LogP contribution in [0, 0.1) is 10.1 Å². The van der Waals surface area contributed by atoms with Crippen LogP contribution < -0.4 is 10.2 Å². The summed E-state index contributed by atoms with van der Waals surface area (Å²) in [7, 11) is 3.19. The van der Waals surface area contributed by atoms with Crippen molar-refractivity contribution in [2.75, 3.05) is 24.3 Å². The first-order chi connectivity index (χ1) is 11.6. The number of alkyl halides is 3. The lowest BCUT2D eigenvalue weighted by Crippen LogP contribution is -2.22. The molecule has 0 atom stereocenters. The van der Waals surface area contributed by atoms with Gasteiger partial charge in [0.2, 0.25) is 5.91 Å². The SMILES string of the molecule is CN(C)c1ccc(NC(=O)Cn2ccc([N+](=O)[O-])n2)c(C(F)(F)F)c1. The molecular formula is C14H14F3N5O3. The third kappa shape index (κ3) is 4.46. The van der Waals surface area contributed by atoms with Gasteiger partial charge < -0.3 is 20.3 Å². The van der Waals surface area contributed by atoms with Crippen LogP contribution in [0.15, 0.2) is 30.5 Å². The number of benzene rings is 1. The fourth-order valence-electron chi connectivity index (χ4n) is 2.03. The first-order valence-electron chi connectivity index (χ1n) is 6.94. The molecule has 1 N–H and O–H groups in total. The average Bonchev–Trinajstić information content (AvgIpc) is 2.94. The second kappa shape index (κ2) is 6.79. The molecule has 2 rings (SSSR count). The van der Waals surface area contributed by atoms with Crippen LogP contribution in [-0.2, 0) is 17.5 Å². The maximum absolute atomic E-state index is 13.2. The summed E-state index contributed by atoms with van der Waals surface area (Å²) in [6, 6.07) is 4.60. The van der Waals surface area contributed by atoms with Gasteiger partial charge in [-0.25, -0.2) is 0 Å². The molecule has 0 aliphatic carbocycles. The van der Waals surface area contributed by atoms with Crippen LogP contribution in [0.4, 0.5) is 30.4 Å². The van der Waals surface area contributed by atoms with Crippen LogP contribution in [0.3, 0.4) is 0 Å². The van der Waals surface area contributed by atoms with Crippen LogP contribution >= 0.6 is 0 Å². The number of nitro groups is 1. The molecule has 0 radical (unpaired) electrons. The zero-order valence-corrected chi connectivity index (χ0v) is 13.2. The van der Waals surface area contributed by atoms with Gasteiger partial charge in [0.1, 0.15) is 6.54 Å². The molecule has 134 valence electrons. The number of carbonyl (C=O) groups excluding carboxylic acids is 1. The van der Waals surface area contributed by atoms with Crippen molar-refractivity contribution in [1.82, 2.24) is 9.78 Å². The first-order valence-corrected chi connectivity index (χ1v) is 6.94. The highest BCUT2D eigenvalue weighted by Crippen LogP contribution is 2.37. The Morgan fingerprint density at radius 3 is 2.56 bits per heavy atom. The van der Waals surface area contributed by atoms with Crippen molar-refractivity contribution in [2.24, 2.45) is 0 Å². The van der Waals surface area contributed by atoms with Gasteiger partial charge in [0, 0.05) is 19.8 Å². The van der Waals surface area contributed by atoms with Crippen molar-refractivity contribution < 1.29 is 22.9 Å². The van der Waals surface area contributed by atoms with Crippen molar-refractivity contribution in [3.05, 3.63) is 46.1 Å². The van der Waals surface area contributed by atoms with E-state index in [1.54, 1.807) is 14.1 Å². The third-order valence-electron chi connectivity index (χ3n) is 3.22. The Balaban J connectivity index is 2.20. The summed E-state index contributed by atoms with van der Waals surface area (Å²) in [5.41, 5.74) is -1.06. The Hall–Kier alpha value is -3.11. The van der Waals surface area contributed by atoms with Gasteiger partial charge in [0.05, 0.1) is 28.6 Å². The minimum Gasteiger partial charge on any atom is -0.378 e. The zero-order valence-electron chi connectivity index (χ0n) is 13.2. The lowest BCUT2D eigenvalue weighted by Gasteiger charge is -2.18. The number of hydrogen-bond donors (Lipinski definition) is 1. The van der Waals surface area contributed by atoms with E-state index in [4.69, 9.17) is 0 Å². The quantitative estimate of drug-likeness (QED) is 0.656. The van der Waals surface area contributed by atoms with Gasteiger partial charge in [0.15, 0.2) is 0 Å². The smallest absolute Gasteiger partial charge is 0.378 e. The predicted molar refractivity (Wildman–Crippen MR) is 83.3 cm³/mol. The van der Waals surface area contributed by atoms with E-state index < -0.39 is 40.6 Å². The molecule has 11 heteroatoms. The van der Waals surface area contributed by atoms with E-state index >= 15 is 0 Å². The fraction of sp³-hybridized carbons (Fsp3) is 0.286. The molecule has 0 aliphatic heterocycles. The molecule has 25 heavy (non-hydrogen) atoms. The third-order valence-corrected chi connectivity index (χ3v) is 3.22. The maximum atomic E-state index is 13.2. The van der Waals surface area contributed by atoms with Crippen LogP contribution in [0.1, 0.15) is 5.56 Å². The van der Waals surface area contributed by atoms with Crippen LogP contribution in [0.2, 0.25) is 0 Å². The number of rotatable bonds is 5. The molecule has 0 bridgehead atoms. The molecule has 1 amide bonds. The predicted octanol–water partition coefficient (Wildman–Crippen LogP) is 2.51. The Labute approximate surface area is 140 Å². The fourth-order valence-corrected chi connectivity index (χ4v) is 2.03. The van der Waals surface area contributed by atoms with Crippen molar-refractivity contribution in [2.45, 2.75) is 12.7 Å². The second-order valence-electron chi connectivity index (χ2n) is 5.30. The highest BCUT2D eigenvalue weighted by molar-refractivity contribution is 5.91. The van der Waals surface area contributed by atoms with E-state index in [1.807, 2.05) is 0 Å². The van der Waals surface area contributed by atoms with E-state index in [-0.39, 0.29) is 0 Å². The van der Waals surface area contributed by atoms with E-state index in [0.717, 1.165) is 22.9 Å². The monoisotopic (exact) mass is 357 g/mol. The molecule has 1 aromatic heterocycles. The lowest BCUT2D eigenvalue weighted by molar-refractivity contribution is -0.389. The Morgan fingerprint density at radius 1 is 1.36 bits per heavy atom. The minimum absolute atomic E-state index is 0.327. The largest absolute Gasteiger partial charge is 0.418 e. The van der Waals surface area contributed by atoms with E-state index in [9.17, 15) is 28.1 Å². The van der Waals surface area contributed by atoms with Gasteiger partial charge in [-0.1, -0.05) is 0 Å². The van der Waals surface area contributed by atoms with Crippen molar-refractivity contribution in [3.63, 3.8) is 0 Å². The molecule has 0 saturated carbocycles. The summed E-state index contributed by atoms with van der Waals surface area (Å²) in [5, 5.41) is 16.2. The Bertz CT molecular complexity index is 801. The van der Waals surface area contributed by atoms with Crippen molar-refractivity contribution in [3.8, 4) is 0 Å². The minimum atomic E-state index is -4.65. The summed E-state index contributed by atoms with van der Waals surface area (Å²) < 4.78 is 40.6. The van der Waals surface area contributed by atoms with Gasteiger partial charge in [-0.2, -0.15) is 17.9 Å². The molecule has 0 fully saturated rings. The van der Waals surface area contributed by atoms with Crippen molar-refractivity contribution in [1.29, 1.82) is 0 Å². The summed E-state index contributed by atoms with van der Waals surface area (Å²) in [6.45, 7) is -0.458. The summed E-state index contributed by atoms with van der Waals surface area (Å²) in [6.07, 6.45) is -3.46. The molecule has 1 aromatic carbocycles. The normalized spacial score (nSPS) is 11.2. The van der Waals surface area contributed by atoms with E-state index in [2.05, 4.69) is 10.4 Å². The molecule has 0 unspecified atom stereocenters. The number of anilines is 2. The Morgan fingerprint density at radius 2 is 2.04 bits per heavy atom. The lowest BCUT2D eigenvalue weighted by atomic mass is 10.1. The second-order valence-corrected chi connectivity index (χ2v) is 5.30. The maximum Gasteiger partial charge on any atom is 0.418 e. The molecule has 8 nitrogen and oxygen atoms in total. The van der Waals surface area contributed by atoms with Gasteiger partial charge >= 0.3 is 12.0 Å². The number of halogens is 3. The molecule has 0 saturated heterocycles. The highest BCUT2D eigenvalue weighted by Gasteiger charge is 2.34. The number of nitrogens with one attached hydrogen (secondary N) is 1. The standard InChI is InChI=1S/C14H14F3N5O3/c1-20(2)9-3-4-11(10(7-9)14(15,16)17)18-13(23)8-21-6-5-12(19-21)22(24)25/h3-7H,8H2,1-2H3,(H,18,23). The number of carbonyl (C=O) groups is 1. The highest BCUT2D eigenvalue weighted by atomic mass is 19.4. The van der Waals surface area contributed by atoms with Crippen LogP contribution in [0.5, 0.6) is 0 Å². The Kier molecular flexibility index (Phi) is 4.95. The first kappa shape index (κ1) is 18.2. The number of hydrogen-bond acceptors (Lipinski definition) is 5. The molecule has 0 aliphatic rings. The summed E-state index contributed by atoms with van der Waals surface area (Å²) in [5.74, 6) is -1.25. The van der Waals surface area contributed by atoms with Gasteiger partial charge in [-0.05, 0) is 23.1 Å². The summed E-state index contributed by atoms with van der Waals surface area (Å²) in [4.78, 5) is 23.2. The van der Waals surface area contributed by atoms with E-state index in [1.165, 1.54) is 17.2 Å². The topological polar surface area (TPSA) is 93.3 Å². The van der Waals surface area contributed by atoms with Crippen LogP contribution in [0.25, 0.3) is 0 Å². The molecule has 0 spiro atoms. The van der Waals surface area contributed by atoms with Crippen LogP contribution in [-0.4, -0.2) is 34.7 Å². The molecule has 2 aromatic rings. The molecular weight excluding hydrogens is 343 g/mol. The van der Waals surface area contributed by atoms with Gasteiger partial charge in [0.25, 0.3) is 0 Å². The average molecular weight is 357 g/mol. The van der Waals surface area contributed by atoms with Gasteiger partial charge in [-0.15, -0.1) is 0 Å². The molecule has 1 heterocycles. The van der Waals surface area contributed by atoms with Gasteiger partial charge in [-0.3, -0.25) is 4.79 Å². The number of nitrogens with zero attached hydrogens (tertiary/aromatic N) is 4. The number of amides is 1. The summed E-state index contributed by atoms with van der Waals surface area (Å²) >= 11 is 0. The van der Waals surface area contributed by atoms with E-state index in [0.29, 0.717) is 5.69 Å². The number of aromatic nitrogens is 2. The van der Waals surface area contributed by atoms with Crippen molar-refractivity contribution >= 4 is 23.1 Å². The zero-order chi connectivity index (χ0) is 18.8.